The summed E-state index contributed by atoms with van der Waals surface area (Å²) >= 11 is 0. The van der Waals surface area contributed by atoms with E-state index in [1.165, 1.54) is 6.92 Å². The van der Waals surface area contributed by atoms with Gasteiger partial charge in [0, 0.05) is 44.7 Å². The van der Waals surface area contributed by atoms with Gasteiger partial charge in [0.05, 0.1) is 23.9 Å². The largest absolute Gasteiger partial charge is 0.457 e. The molecular formula is C35H61FN4O9. The van der Waals surface area contributed by atoms with Crippen LogP contribution in [-0.4, -0.2) is 146 Å². The minimum absolute atomic E-state index is 0.00297. The van der Waals surface area contributed by atoms with E-state index >= 15 is 0 Å². The van der Waals surface area contributed by atoms with Gasteiger partial charge in [-0.2, -0.15) is 0 Å². The van der Waals surface area contributed by atoms with Crippen molar-refractivity contribution in [2.24, 2.45) is 17.8 Å². The molecule has 5 unspecified atom stereocenters. The molecule has 4 fully saturated rings. The number of methoxy groups -OCH3 is 1. The van der Waals surface area contributed by atoms with E-state index in [-0.39, 0.29) is 24.1 Å². The summed E-state index contributed by atoms with van der Waals surface area (Å²) in [5.74, 6) is -3.19. The summed E-state index contributed by atoms with van der Waals surface area (Å²) in [5, 5.41) is 18.1. The summed E-state index contributed by atoms with van der Waals surface area (Å²) < 4.78 is 44.9. The number of ketones is 1. The van der Waals surface area contributed by atoms with E-state index in [9.17, 15) is 23.9 Å². The Labute approximate surface area is 291 Å². The van der Waals surface area contributed by atoms with E-state index in [4.69, 9.17) is 23.7 Å². The molecule has 1 amide bonds. The predicted octanol–water partition coefficient (Wildman–Crippen LogP) is 2.27. The van der Waals surface area contributed by atoms with Crippen LogP contribution in [0, 0.1) is 17.8 Å². The molecule has 4 aliphatic rings. The number of aliphatic hydroxyl groups is 1. The number of cyclic esters (lactones) is 1. The highest BCUT2D eigenvalue weighted by atomic mass is 19.1. The highest BCUT2D eigenvalue weighted by Gasteiger charge is 2.57. The zero-order valence-corrected chi connectivity index (χ0v) is 31.1. The third-order valence-electron chi connectivity index (χ3n) is 11.4. The number of ether oxygens (including phenoxy) is 5. The monoisotopic (exact) mass is 700 g/mol. The van der Waals surface area contributed by atoms with Gasteiger partial charge in [-0.3, -0.25) is 14.5 Å². The number of nitrogens with zero attached hydrogens (tertiary/aromatic N) is 2. The van der Waals surface area contributed by atoms with E-state index in [1.54, 1.807) is 14.0 Å². The number of alkyl halides is 1. The minimum atomic E-state index is -1.17. The van der Waals surface area contributed by atoms with E-state index < -0.39 is 77.7 Å². The number of rotatable bonds is 8. The van der Waals surface area contributed by atoms with Gasteiger partial charge in [-0.1, -0.05) is 27.7 Å². The summed E-state index contributed by atoms with van der Waals surface area (Å²) in [6, 6.07) is -1.06. The first kappa shape index (κ1) is 39.8. The lowest BCUT2D eigenvalue weighted by molar-refractivity contribution is -0.299. The Bertz CT molecular complexity index is 1160. The van der Waals surface area contributed by atoms with Gasteiger partial charge in [-0.05, 0) is 73.0 Å². The maximum absolute atomic E-state index is 14.2. The molecule has 4 saturated heterocycles. The predicted molar refractivity (Wildman–Crippen MR) is 180 cm³/mol. The molecule has 4 rings (SSSR count). The topological polar surface area (TPSA) is 148 Å². The van der Waals surface area contributed by atoms with Crippen LogP contribution in [0.3, 0.4) is 0 Å². The molecule has 4 heterocycles. The minimum Gasteiger partial charge on any atom is -0.457 e. The number of esters is 1. The smallest absolute Gasteiger partial charge is 0.408 e. The molecule has 0 saturated carbocycles. The van der Waals surface area contributed by atoms with Gasteiger partial charge in [0.1, 0.15) is 24.3 Å². The zero-order chi connectivity index (χ0) is 36.4. The van der Waals surface area contributed by atoms with Crippen LogP contribution in [-0.2, 0) is 33.3 Å². The number of carbonyl (C=O) groups excluding carboxylic acids is 3. The van der Waals surface area contributed by atoms with Gasteiger partial charge in [0.2, 0.25) is 0 Å². The molecule has 13 nitrogen and oxygen atoms in total. The van der Waals surface area contributed by atoms with Gasteiger partial charge in [0.15, 0.2) is 17.7 Å². The molecule has 0 aromatic carbocycles. The van der Waals surface area contributed by atoms with Gasteiger partial charge in [-0.15, -0.1) is 0 Å². The molecule has 0 aliphatic carbocycles. The second-order valence-corrected chi connectivity index (χ2v) is 15.3. The maximum atomic E-state index is 14.2. The fraction of sp³-hybridized carbons (Fsp3) is 0.914. The number of hydrogen-bond acceptors (Lipinski definition) is 12. The Morgan fingerprint density at radius 2 is 1.80 bits per heavy atom. The van der Waals surface area contributed by atoms with Crippen molar-refractivity contribution in [3.63, 3.8) is 0 Å². The van der Waals surface area contributed by atoms with E-state index in [1.807, 2.05) is 51.6 Å². The number of hydrogen-bond donors (Lipinski definition) is 3. The Morgan fingerprint density at radius 1 is 1.12 bits per heavy atom. The highest BCUT2D eigenvalue weighted by molar-refractivity contribution is 6.00. The van der Waals surface area contributed by atoms with Crippen molar-refractivity contribution in [2.75, 3.05) is 47.4 Å². The first-order valence-corrected chi connectivity index (χ1v) is 18.0. The molecule has 13 atom stereocenters. The second kappa shape index (κ2) is 16.2. The number of likely N-dealkylation sites (tertiary alicyclic amines) is 1. The summed E-state index contributed by atoms with van der Waals surface area (Å²) in [7, 11) is 5.32. The van der Waals surface area contributed by atoms with Gasteiger partial charge < -0.3 is 44.3 Å². The molecule has 0 bridgehead atoms. The number of Topliss-reactive ketones (excluding diaryl/α,β-unsaturated/α-hetero) is 1. The van der Waals surface area contributed by atoms with Crippen LogP contribution in [0.15, 0.2) is 0 Å². The van der Waals surface area contributed by atoms with Crippen LogP contribution in [0.5, 0.6) is 0 Å². The first-order valence-electron chi connectivity index (χ1n) is 18.0. The molecule has 0 radical (unpaired) electrons. The molecule has 0 aromatic heterocycles. The van der Waals surface area contributed by atoms with Crippen LogP contribution in [0.25, 0.3) is 0 Å². The standard InChI is InChI=1S/C35H61FN4O9/c1-11-26-35(12-2)29(38-33(44)49-35)22(6)37-15-19(3)14-34(7,45-10)30(20(4)27(41)21(5)31(43)47-26)48-32-28(42)25(39(8)9)13-24(46-32)18-40-16-23(36)17-40/h19-26,28-30,32,37,42H,11-18H2,1-10H3,(H,38,44)/t19-,20+,21?,22-,24?,25?,26-,28?,29-,30-,32?,34-,35-/m1/s1. The van der Waals surface area contributed by atoms with Crippen LogP contribution in [0.2, 0.25) is 0 Å². The second-order valence-electron chi connectivity index (χ2n) is 15.3. The average Bonchev–Trinajstić information content (AvgIpc) is 3.40. The Kier molecular flexibility index (Phi) is 13.1. The third-order valence-corrected chi connectivity index (χ3v) is 11.4. The fourth-order valence-electron chi connectivity index (χ4n) is 8.41. The third kappa shape index (κ3) is 8.42. The van der Waals surface area contributed by atoms with Gasteiger partial charge in [0.25, 0.3) is 0 Å². The average molecular weight is 701 g/mol. The van der Waals surface area contributed by atoms with Crippen LogP contribution < -0.4 is 10.6 Å². The number of fused-ring (bicyclic) bond motifs is 1. The van der Waals surface area contributed by atoms with Crippen molar-refractivity contribution in [3.05, 3.63) is 0 Å². The van der Waals surface area contributed by atoms with E-state index in [2.05, 4.69) is 17.6 Å². The first-order chi connectivity index (χ1) is 23.0. The normalized spacial score (nSPS) is 43.5. The molecule has 4 aliphatic heterocycles. The molecule has 14 heteroatoms. The lowest BCUT2D eigenvalue weighted by Gasteiger charge is -2.48. The van der Waals surface area contributed by atoms with Crippen molar-refractivity contribution >= 4 is 17.8 Å². The summed E-state index contributed by atoms with van der Waals surface area (Å²) in [4.78, 5) is 44.5. The molecule has 282 valence electrons. The fourth-order valence-corrected chi connectivity index (χ4v) is 8.41. The van der Waals surface area contributed by atoms with Crippen molar-refractivity contribution in [1.29, 1.82) is 0 Å². The van der Waals surface area contributed by atoms with Gasteiger partial charge >= 0.3 is 12.1 Å². The summed E-state index contributed by atoms with van der Waals surface area (Å²) in [5.41, 5.74) is -2.19. The number of alkyl carbamates (subject to hydrolysis) is 1. The van der Waals surface area contributed by atoms with Crippen molar-refractivity contribution < 1.29 is 47.6 Å². The summed E-state index contributed by atoms with van der Waals surface area (Å²) in [6.45, 7) is 14.6. The lowest BCUT2D eigenvalue weighted by Crippen LogP contribution is -2.61. The number of likely N-dealkylation sites (N-methyl/N-ethyl adjacent to an activating group) is 1. The SMILES string of the molecule is CC[C@H]1OC(=O)C(C)C(=O)[C@H](C)[C@@H](OC2OC(CN3CC(F)C3)CC(N(C)C)C2O)[C@](C)(OC)C[C@@H](C)CN[C@H](C)[C@H]2NC(=O)O[C@@]21CC. The number of halogens is 1. The van der Waals surface area contributed by atoms with Crippen LogP contribution in [0.4, 0.5) is 9.18 Å². The summed E-state index contributed by atoms with van der Waals surface area (Å²) in [6.07, 6.45) is -3.93. The lowest BCUT2D eigenvalue weighted by atomic mass is 9.78. The molecule has 49 heavy (non-hydrogen) atoms. The van der Waals surface area contributed by atoms with Crippen LogP contribution in [0.1, 0.15) is 74.1 Å². The number of amides is 1. The molecular weight excluding hydrogens is 639 g/mol. The van der Waals surface area contributed by atoms with Crippen molar-refractivity contribution in [2.45, 2.75) is 140 Å². The molecule has 0 spiro atoms. The highest BCUT2D eigenvalue weighted by Crippen LogP contribution is 2.39. The molecule has 3 N–H and O–H groups in total. The number of carbonyl (C=O) groups is 3. The Balaban J connectivity index is 1.68. The van der Waals surface area contributed by atoms with Crippen LogP contribution >= 0.6 is 0 Å². The zero-order valence-electron chi connectivity index (χ0n) is 31.1. The number of nitrogens with one attached hydrogen (secondary N) is 2. The quantitative estimate of drug-likeness (QED) is 0.252. The van der Waals surface area contributed by atoms with Crippen molar-refractivity contribution in [3.8, 4) is 0 Å². The van der Waals surface area contributed by atoms with E-state index in [0.29, 0.717) is 51.9 Å². The maximum Gasteiger partial charge on any atom is 0.408 e. The van der Waals surface area contributed by atoms with Crippen molar-refractivity contribution in [1.82, 2.24) is 20.4 Å². The van der Waals surface area contributed by atoms with Gasteiger partial charge in [-0.25, -0.2) is 9.18 Å². The molecule has 0 aromatic rings. The Morgan fingerprint density at radius 3 is 2.37 bits per heavy atom. The van der Waals surface area contributed by atoms with E-state index in [0.717, 1.165) is 0 Å². The Hall–Kier alpha value is -1.94. The number of aliphatic hydroxyl groups excluding tert-OH is 1.